The predicted octanol–water partition coefficient (Wildman–Crippen LogP) is -0.0960. The van der Waals surface area contributed by atoms with Gasteiger partial charge in [-0.25, -0.2) is 4.79 Å². The summed E-state index contributed by atoms with van der Waals surface area (Å²) in [5.74, 6) is -0.214. The number of H-pyrrole nitrogens is 1. The van der Waals surface area contributed by atoms with Gasteiger partial charge < -0.3 is 15.0 Å². The van der Waals surface area contributed by atoms with Crippen LogP contribution >= 0.6 is 11.3 Å². The number of rotatable bonds is 4. The standard InChI is InChI=1S/C13H15N3O4S/c17-11(8-1-5-20-7-8)14-3-4-16-12(18)10-9(2-6-21-10)15-13(16)19/h2,6,8H,1,3-5,7H2,(H,14,17)(H,15,19)/t8-/m0/s1. The molecule has 1 aliphatic heterocycles. The van der Waals surface area contributed by atoms with Crippen molar-refractivity contribution in [3.05, 3.63) is 32.3 Å². The van der Waals surface area contributed by atoms with Crippen molar-refractivity contribution in [1.82, 2.24) is 14.9 Å². The Hall–Kier alpha value is -1.93. The number of aromatic amines is 1. The normalized spacial score (nSPS) is 18.2. The number of carbonyl (C=O) groups is 1. The summed E-state index contributed by atoms with van der Waals surface area (Å²) in [5.41, 5.74) is -0.218. The van der Waals surface area contributed by atoms with Crippen molar-refractivity contribution < 1.29 is 9.53 Å². The SMILES string of the molecule is O=C(NCCn1c(=O)[nH]c2ccsc2c1=O)[C@H]1CCOC1. The molecule has 2 aromatic heterocycles. The lowest BCUT2D eigenvalue weighted by Gasteiger charge is -2.10. The van der Waals surface area contributed by atoms with Crippen LogP contribution in [-0.4, -0.2) is 35.2 Å². The molecule has 0 radical (unpaired) electrons. The lowest BCUT2D eigenvalue weighted by molar-refractivity contribution is -0.124. The zero-order valence-electron chi connectivity index (χ0n) is 11.3. The molecule has 0 aromatic carbocycles. The first-order chi connectivity index (χ1) is 10.2. The Morgan fingerprint density at radius 3 is 3.14 bits per heavy atom. The van der Waals surface area contributed by atoms with E-state index in [0.29, 0.717) is 29.9 Å². The van der Waals surface area contributed by atoms with Crippen molar-refractivity contribution >= 4 is 27.5 Å². The summed E-state index contributed by atoms with van der Waals surface area (Å²) >= 11 is 1.29. The number of hydrogen-bond acceptors (Lipinski definition) is 5. The molecule has 8 heteroatoms. The quantitative estimate of drug-likeness (QED) is 0.825. The topological polar surface area (TPSA) is 93.2 Å². The Kier molecular flexibility index (Phi) is 3.89. The Balaban J connectivity index is 1.69. The first-order valence-corrected chi connectivity index (χ1v) is 7.60. The number of nitrogens with zero attached hydrogens (tertiary/aromatic N) is 1. The Morgan fingerprint density at radius 2 is 2.38 bits per heavy atom. The van der Waals surface area contributed by atoms with Gasteiger partial charge in [0.25, 0.3) is 5.56 Å². The molecule has 0 spiro atoms. The van der Waals surface area contributed by atoms with Gasteiger partial charge in [0.05, 0.1) is 18.0 Å². The summed E-state index contributed by atoms with van der Waals surface area (Å²) in [4.78, 5) is 38.5. The molecule has 112 valence electrons. The fourth-order valence-electron chi connectivity index (χ4n) is 2.35. The minimum absolute atomic E-state index is 0.0887. The highest BCUT2D eigenvalue weighted by atomic mass is 32.1. The van der Waals surface area contributed by atoms with Gasteiger partial charge in [-0.3, -0.25) is 14.2 Å². The molecule has 7 nitrogen and oxygen atoms in total. The summed E-state index contributed by atoms with van der Waals surface area (Å²) in [7, 11) is 0. The number of nitrogens with one attached hydrogen (secondary N) is 2. The fourth-order valence-corrected chi connectivity index (χ4v) is 3.15. The van der Waals surface area contributed by atoms with Crippen molar-refractivity contribution in [3.8, 4) is 0 Å². The minimum Gasteiger partial charge on any atom is -0.381 e. The maximum absolute atomic E-state index is 12.2. The third-order valence-corrected chi connectivity index (χ3v) is 4.43. The molecule has 1 fully saturated rings. The number of aromatic nitrogens is 2. The number of hydrogen-bond donors (Lipinski definition) is 2. The first kappa shape index (κ1) is 14.0. The Bertz CT molecular complexity index is 770. The van der Waals surface area contributed by atoms with E-state index in [1.54, 1.807) is 11.4 Å². The van der Waals surface area contributed by atoms with Crippen LogP contribution in [0.2, 0.25) is 0 Å². The molecule has 1 aliphatic rings. The lowest BCUT2D eigenvalue weighted by Crippen LogP contribution is -2.40. The van der Waals surface area contributed by atoms with Gasteiger partial charge >= 0.3 is 5.69 Å². The summed E-state index contributed by atoms with van der Waals surface area (Å²) in [6.45, 7) is 1.44. The molecule has 2 N–H and O–H groups in total. The summed E-state index contributed by atoms with van der Waals surface area (Å²) in [6.07, 6.45) is 0.716. The molecular formula is C13H15N3O4S. The van der Waals surface area contributed by atoms with Gasteiger partial charge in [-0.05, 0) is 17.9 Å². The average molecular weight is 309 g/mol. The number of fused-ring (bicyclic) bond motifs is 1. The van der Waals surface area contributed by atoms with Gasteiger partial charge in [0.1, 0.15) is 4.70 Å². The lowest BCUT2D eigenvalue weighted by atomic mass is 10.1. The second-order valence-electron chi connectivity index (χ2n) is 4.90. The molecule has 3 heterocycles. The summed E-state index contributed by atoms with van der Waals surface area (Å²) in [5, 5.41) is 4.50. The Labute approximate surface area is 123 Å². The predicted molar refractivity (Wildman–Crippen MR) is 78.6 cm³/mol. The van der Waals surface area contributed by atoms with E-state index in [9.17, 15) is 14.4 Å². The van der Waals surface area contributed by atoms with Crippen molar-refractivity contribution in [2.75, 3.05) is 19.8 Å². The van der Waals surface area contributed by atoms with Gasteiger partial charge in [0.2, 0.25) is 5.91 Å². The van der Waals surface area contributed by atoms with Gasteiger partial charge in [-0.15, -0.1) is 11.3 Å². The van der Waals surface area contributed by atoms with Crippen molar-refractivity contribution in [2.24, 2.45) is 5.92 Å². The second-order valence-corrected chi connectivity index (χ2v) is 5.82. The molecule has 1 amide bonds. The van der Waals surface area contributed by atoms with E-state index < -0.39 is 5.69 Å². The molecular weight excluding hydrogens is 294 g/mol. The molecule has 1 atom stereocenters. The van der Waals surface area contributed by atoms with E-state index in [1.165, 1.54) is 11.3 Å². The summed E-state index contributed by atoms with van der Waals surface area (Å²) < 4.78 is 6.78. The number of ether oxygens (including phenoxy) is 1. The van der Waals surface area contributed by atoms with Crippen LogP contribution in [0.5, 0.6) is 0 Å². The van der Waals surface area contributed by atoms with E-state index in [-0.39, 0.29) is 30.5 Å². The van der Waals surface area contributed by atoms with E-state index in [2.05, 4.69) is 10.3 Å². The van der Waals surface area contributed by atoms with Crippen LogP contribution in [0.3, 0.4) is 0 Å². The smallest absolute Gasteiger partial charge is 0.328 e. The van der Waals surface area contributed by atoms with Crippen LogP contribution in [0, 0.1) is 5.92 Å². The number of thiophene rings is 1. The van der Waals surface area contributed by atoms with Crippen molar-refractivity contribution in [1.29, 1.82) is 0 Å². The van der Waals surface area contributed by atoms with Crippen LogP contribution in [0.15, 0.2) is 21.0 Å². The molecule has 0 unspecified atom stereocenters. The molecule has 0 bridgehead atoms. The average Bonchev–Trinajstić information content (AvgIpc) is 3.12. The van der Waals surface area contributed by atoms with Gasteiger partial charge in [0.15, 0.2) is 0 Å². The van der Waals surface area contributed by atoms with Crippen LogP contribution in [0.25, 0.3) is 10.2 Å². The second kappa shape index (κ2) is 5.82. The third-order valence-electron chi connectivity index (χ3n) is 3.53. The molecule has 2 aromatic rings. The van der Waals surface area contributed by atoms with Gasteiger partial charge in [-0.2, -0.15) is 0 Å². The third kappa shape index (κ3) is 2.77. The highest BCUT2D eigenvalue weighted by Crippen LogP contribution is 2.12. The van der Waals surface area contributed by atoms with Crippen LogP contribution in [0.1, 0.15) is 6.42 Å². The number of amides is 1. The first-order valence-electron chi connectivity index (χ1n) is 6.72. The summed E-state index contributed by atoms with van der Waals surface area (Å²) in [6, 6.07) is 1.70. The van der Waals surface area contributed by atoms with Crippen LogP contribution in [-0.2, 0) is 16.1 Å². The minimum atomic E-state index is -0.454. The van der Waals surface area contributed by atoms with Crippen molar-refractivity contribution in [3.63, 3.8) is 0 Å². The maximum Gasteiger partial charge on any atom is 0.328 e. The zero-order chi connectivity index (χ0) is 14.8. The van der Waals surface area contributed by atoms with Gasteiger partial charge in [-0.1, -0.05) is 0 Å². The number of carbonyl (C=O) groups excluding carboxylic acids is 1. The fraction of sp³-hybridized carbons (Fsp3) is 0.462. The highest BCUT2D eigenvalue weighted by Gasteiger charge is 2.23. The van der Waals surface area contributed by atoms with Crippen molar-refractivity contribution in [2.45, 2.75) is 13.0 Å². The molecule has 0 aliphatic carbocycles. The van der Waals surface area contributed by atoms with E-state index in [4.69, 9.17) is 4.74 Å². The highest BCUT2D eigenvalue weighted by molar-refractivity contribution is 7.17. The van der Waals surface area contributed by atoms with Crippen LogP contribution < -0.4 is 16.6 Å². The van der Waals surface area contributed by atoms with E-state index in [1.807, 2.05) is 0 Å². The molecule has 1 saturated heterocycles. The van der Waals surface area contributed by atoms with Gasteiger partial charge in [0, 0.05) is 19.7 Å². The largest absolute Gasteiger partial charge is 0.381 e. The monoisotopic (exact) mass is 309 g/mol. The molecule has 0 saturated carbocycles. The Morgan fingerprint density at radius 1 is 1.52 bits per heavy atom. The molecule has 21 heavy (non-hydrogen) atoms. The van der Waals surface area contributed by atoms with Crippen LogP contribution in [0.4, 0.5) is 0 Å². The van der Waals surface area contributed by atoms with E-state index >= 15 is 0 Å². The van der Waals surface area contributed by atoms with E-state index in [0.717, 1.165) is 4.57 Å². The molecule has 3 rings (SSSR count). The zero-order valence-corrected chi connectivity index (χ0v) is 12.1. The maximum atomic E-state index is 12.2.